The highest BCUT2D eigenvalue weighted by Crippen LogP contribution is 2.25. The summed E-state index contributed by atoms with van der Waals surface area (Å²) < 4.78 is 29.2. The van der Waals surface area contributed by atoms with E-state index in [0.717, 1.165) is 18.7 Å². The summed E-state index contributed by atoms with van der Waals surface area (Å²) >= 11 is 1.63. The molecule has 1 fully saturated rings. The van der Waals surface area contributed by atoms with Gasteiger partial charge < -0.3 is 14.6 Å². The molecule has 2 rings (SSSR count). The number of hydrogen-bond acceptors (Lipinski definition) is 8. The van der Waals surface area contributed by atoms with Crippen LogP contribution in [0.3, 0.4) is 0 Å². The summed E-state index contributed by atoms with van der Waals surface area (Å²) in [5, 5.41) is 10.5. The summed E-state index contributed by atoms with van der Waals surface area (Å²) in [5.74, 6) is 1.88. The van der Waals surface area contributed by atoms with Crippen LogP contribution in [0.1, 0.15) is 19.2 Å². The summed E-state index contributed by atoms with van der Waals surface area (Å²) in [6.45, 7) is 4.07. The third-order valence-corrected chi connectivity index (χ3v) is 5.63. The lowest BCUT2D eigenvalue weighted by atomic mass is 10.5. The van der Waals surface area contributed by atoms with Gasteiger partial charge in [-0.2, -0.15) is 11.8 Å². The van der Waals surface area contributed by atoms with Gasteiger partial charge in [0.05, 0.1) is 6.54 Å². The van der Waals surface area contributed by atoms with Crippen molar-refractivity contribution >= 4 is 27.6 Å². The number of anilines is 1. The van der Waals surface area contributed by atoms with Crippen LogP contribution in [0, 0.1) is 0 Å². The average molecular weight is 320 g/mol. The molecule has 20 heavy (non-hydrogen) atoms. The van der Waals surface area contributed by atoms with Gasteiger partial charge in [0.25, 0.3) is 0 Å². The Kier molecular flexibility index (Phi) is 5.28. The van der Waals surface area contributed by atoms with E-state index in [-0.39, 0.29) is 0 Å². The molecule has 0 bridgehead atoms. The standard InChI is InChI=1S/C11H20N4O3S2/c1-3-4-12-7-9-13-14-11(18-9)15-5-6-19-8-10(15)20(2,16)17/h10,12H,3-8H2,1-2H3. The normalized spacial score (nSPS) is 20.3. The largest absolute Gasteiger partial charge is 0.407 e. The van der Waals surface area contributed by atoms with Gasteiger partial charge in [0.1, 0.15) is 5.37 Å². The summed E-state index contributed by atoms with van der Waals surface area (Å²) in [6.07, 6.45) is 2.27. The summed E-state index contributed by atoms with van der Waals surface area (Å²) in [7, 11) is -3.17. The molecule has 0 aromatic carbocycles. The highest BCUT2D eigenvalue weighted by Gasteiger charge is 2.34. The van der Waals surface area contributed by atoms with Crippen LogP contribution < -0.4 is 10.2 Å². The average Bonchev–Trinajstić information content (AvgIpc) is 2.87. The predicted molar refractivity (Wildman–Crippen MR) is 79.6 cm³/mol. The Morgan fingerprint density at radius 2 is 2.30 bits per heavy atom. The highest BCUT2D eigenvalue weighted by atomic mass is 32.2. The summed E-state index contributed by atoms with van der Waals surface area (Å²) in [6, 6.07) is 0.300. The number of nitrogens with one attached hydrogen (secondary N) is 1. The molecule has 1 aromatic heterocycles. The molecule has 1 aliphatic rings. The van der Waals surface area contributed by atoms with Crippen LogP contribution >= 0.6 is 11.8 Å². The molecule has 1 aliphatic heterocycles. The van der Waals surface area contributed by atoms with Crippen LogP contribution in [0.5, 0.6) is 0 Å². The van der Waals surface area contributed by atoms with Gasteiger partial charge in [-0.1, -0.05) is 12.0 Å². The zero-order valence-corrected chi connectivity index (χ0v) is 13.3. The number of thioether (sulfide) groups is 1. The Balaban J connectivity index is 2.09. The quantitative estimate of drug-likeness (QED) is 0.758. The molecule has 0 saturated carbocycles. The van der Waals surface area contributed by atoms with Crippen LogP contribution in [0.15, 0.2) is 4.42 Å². The predicted octanol–water partition coefficient (Wildman–Crippen LogP) is 0.493. The SMILES string of the molecule is CCCNCc1nnc(N2CCSCC2S(C)(=O)=O)o1. The van der Waals surface area contributed by atoms with E-state index in [0.29, 0.717) is 30.7 Å². The molecule has 1 saturated heterocycles. The molecule has 0 amide bonds. The van der Waals surface area contributed by atoms with Gasteiger partial charge in [0, 0.05) is 24.3 Å². The van der Waals surface area contributed by atoms with Crippen LogP contribution in [-0.2, 0) is 16.4 Å². The third-order valence-electron chi connectivity index (χ3n) is 2.98. The van der Waals surface area contributed by atoms with E-state index in [1.807, 2.05) is 0 Å². The molecular weight excluding hydrogens is 300 g/mol. The minimum absolute atomic E-state index is 0.300. The van der Waals surface area contributed by atoms with E-state index < -0.39 is 15.2 Å². The summed E-state index contributed by atoms with van der Waals surface area (Å²) in [4.78, 5) is 1.70. The number of sulfone groups is 1. The molecule has 2 heterocycles. The Labute approximate surface area is 123 Å². The van der Waals surface area contributed by atoms with Crippen LogP contribution in [-0.4, -0.2) is 54.8 Å². The van der Waals surface area contributed by atoms with Crippen molar-refractivity contribution < 1.29 is 12.8 Å². The first-order valence-corrected chi connectivity index (χ1v) is 9.69. The maximum absolute atomic E-state index is 11.8. The number of nitrogens with zero attached hydrogens (tertiary/aromatic N) is 3. The molecule has 1 unspecified atom stereocenters. The van der Waals surface area contributed by atoms with Gasteiger partial charge in [-0.05, 0) is 13.0 Å². The van der Waals surface area contributed by atoms with Crippen molar-refractivity contribution in [3.8, 4) is 0 Å². The Hall–Kier alpha value is -0.800. The first kappa shape index (κ1) is 15.6. The smallest absolute Gasteiger partial charge is 0.319 e. The molecular formula is C11H20N4O3S2. The third kappa shape index (κ3) is 3.86. The second-order valence-corrected chi connectivity index (χ2v) is 8.06. The number of hydrogen-bond donors (Lipinski definition) is 1. The lowest BCUT2D eigenvalue weighted by Crippen LogP contribution is -2.47. The molecule has 0 spiro atoms. The van der Waals surface area contributed by atoms with E-state index in [4.69, 9.17) is 4.42 Å². The first-order valence-electron chi connectivity index (χ1n) is 6.58. The van der Waals surface area contributed by atoms with Crippen LogP contribution in [0.2, 0.25) is 0 Å². The van der Waals surface area contributed by atoms with E-state index in [9.17, 15) is 8.42 Å². The molecule has 0 aliphatic carbocycles. The Morgan fingerprint density at radius 3 is 3.00 bits per heavy atom. The van der Waals surface area contributed by atoms with Gasteiger partial charge in [0.15, 0.2) is 9.84 Å². The molecule has 9 heteroatoms. The van der Waals surface area contributed by atoms with Gasteiger partial charge >= 0.3 is 6.01 Å². The fourth-order valence-corrected chi connectivity index (χ4v) is 4.77. The fraction of sp³-hybridized carbons (Fsp3) is 0.818. The molecule has 7 nitrogen and oxygen atoms in total. The van der Waals surface area contributed by atoms with Crippen molar-refractivity contribution in [2.45, 2.75) is 25.3 Å². The topological polar surface area (TPSA) is 88.3 Å². The maximum Gasteiger partial charge on any atom is 0.319 e. The van der Waals surface area contributed by atoms with Gasteiger partial charge in [-0.15, -0.1) is 5.10 Å². The van der Waals surface area contributed by atoms with E-state index >= 15 is 0 Å². The first-order chi connectivity index (χ1) is 9.52. The van der Waals surface area contributed by atoms with E-state index in [2.05, 4.69) is 22.4 Å². The zero-order chi connectivity index (χ0) is 14.6. The fourth-order valence-electron chi connectivity index (χ4n) is 1.96. The molecule has 0 radical (unpaired) electrons. The van der Waals surface area contributed by atoms with Crippen LogP contribution in [0.25, 0.3) is 0 Å². The molecule has 114 valence electrons. The zero-order valence-electron chi connectivity index (χ0n) is 11.7. The molecule has 1 N–H and O–H groups in total. The van der Waals surface area contributed by atoms with Crippen molar-refractivity contribution in [2.75, 3.05) is 35.8 Å². The second kappa shape index (κ2) is 6.77. The van der Waals surface area contributed by atoms with Crippen molar-refractivity contribution in [1.29, 1.82) is 0 Å². The van der Waals surface area contributed by atoms with Crippen LogP contribution in [0.4, 0.5) is 6.01 Å². The monoisotopic (exact) mass is 320 g/mol. The van der Waals surface area contributed by atoms with E-state index in [1.54, 1.807) is 16.7 Å². The van der Waals surface area contributed by atoms with Crippen molar-refractivity contribution in [1.82, 2.24) is 15.5 Å². The van der Waals surface area contributed by atoms with Crippen molar-refractivity contribution in [3.05, 3.63) is 5.89 Å². The van der Waals surface area contributed by atoms with Gasteiger partial charge in [0.2, 0.25) is 5.89 Å². The van der Waals surface area contributed by atoms with Crippen molar-refractivity contribution in [3.63, 3.8) is 0 Å². The maximum atomic E-state index is 11.8. The lowest BCUT2D eigenvalue weighted by molar-refractivity contribution is 0.458. The van der Waals surface area contributed by atoms with Crippen molar-refractivity contribution in [2.24, 2.45) is 0 Å². The summed E-state index contributed by atoms with van der Waals surface area (Å²) in [5.41, 5.74) is 0. The van der Waals surface area contributed by atoms with E-state index in [1.165, 1.54) is 6.26 Å². The lowest BCUT2D eigenvalue weighted by Gasteiger charge is -2.32. The number of aromatic nitrogens is 2. The Bertz CT molecular complexity index is 532. The molecule has 1 atom stereocenters. The molecule has 1 aromatic rings. The van der Waals surface area contributed by atoms with Gasteiger partial charge in [-0.25, -0.2) is 8.42 Å². The number of rotatable bonds is 6. The minimum atomic E-state index is -3.17. The van der Waals surface area contributed by atoms with Gasteiger partial charge in [-0.3, -0.25) is 0 Å². The Morgan fingerprint density at radius 1 is 1.50 bits per heavy atom. The second-order valence-electron chi connectivity index (χ2n) is 4.71. The highest BCUT2D eigenvalue weighted by molar-refractivity contribution is 8.01. The minimum Gasteiger partial charge on any atom is -0.407 e.